The van der Waals surface area contributed by atoms with Crippen molar-refractivity contribution in [3.05, 3.63) is 23.5 Å². The molecule has 0 spiro atoms. The largest absolute Gasteiger partial charge is 0.451 e. The van der Waals surface area contributed by atoms with Crippen LogP contribution in [0, 0.1) is 23.2 Å². The molecular weight excluding hydrogens is 430 g/mol. The molecule has 2 atom stereocenters. The van der Waals surface area contributed by atoms with Crippen LogP contribution in [0.4, 0.5) is 5.69 Å². The number of halogens is 1. The Morgan fingerprint density at radius 2 is 1.84 bits per heavy atom. The average molecular weight is 460 g/mol. The van der Waals surface area contributed by atoms with E-state index in [1.165, 1.54) is 32.4 Å². The molecule has 1 aromatic heterocycles. The number of amides is 2. The lowest BCUT2D eigenvalue weighted by molar-refractivity contribution is -0.168. The van der Waals surface area contributed by atoms with Gasteiger partial charge >= 0.3 is 5.97 Å². The Bertz CT molecular complexity index is 900. The lowest BCUT2D eigenvalue weighted by atomic mass is 9.49. The van der Waals surface area contributed by atoms with Gasteiger partial charge in [0.15, 0.2) is 11.3 Å². The van der Waals surface area contributed by atoms with Gasteiger partial charge in [-0.25, -0.2) is 9.78 Å². The maximum Gasteiger partial charge on any atom is 0.329 e. The van der Waals surface area contributed by atoms with Crippen molar-refractivity contribution in [2.45, 2.75) is 70.4 Å². The molecule has 8 heteroatoms. The van der Waals surface area contributed by atoms with E-state index >= 15 is 0 Å². The third-order valence-electron chi connectivity index (χ3n) is 7.96. The zero-order chi connectivity index (χ0) is 22.5. The molecule has 1 aromatic rings. The molecule has 4 saturated carbocycles. The van der Waals surface area contributed by atoms with Crippen molar-refractivity contribution in [1.82, 2.24) is 9.88 Å². The number of hydrogen-bond acceptors (Lipinski definition) is 5. The molecule has 5 fully saturated rings. The first-order chi connectivity index (χ1) is 15.3. The van der Waals surface area contributed by atoms with E-state index in [9.17, 15) is 14.4 Å². The quantitative estimate of drug-likeness (QED) is 0.534. The highest BCUT2D eigenvalue weighted by Gasteiger charge is 2.57. The average Bonchev–Trinajstić information content (AvgIpc) is 3.23. The minimum absolute atomic E-state index is 0.148. The first-order valence-corrected chi connectivity index (χ1v) is 12.2. The normalized spacial score (nSPS) is 33.8. The summed E-state index contributed by atoms with van der Waals surface area (Å²) in [6.45, 7) is 2.12. The van der Waals surface area contributed by atoms with Gasteiger partial charge < -0.3 is 15.0 Å². The van der Waals surface area contributed by atoms with Crippen LogP contribution >= 0.6 is 11.6 Å². The van der Waals surface area contributed by atoms with Crippen molar-refractivity contribution < 1.29 is 19.1 Å². The molecule has 7 nitrogen and oxygen atoms in total. The van der Waals surface area contributed by atoms with Crippen LogP contribution in [0.5, 0.6) is 0 Å². The highest BCUT2D eigenvalue weighted by Crippen LogP contribution is 2.60. The van der Waals surface area contributed by atoms with Crippen molar-refractivity contribution in [3.8, 4) is 0 Å². The molecule has 0 radical (unpaired) electrons. The maximum atomic E-state index is 13.7. The number of nitrogens with one attached hydrogen (secondary N) is 1. The number of esters is 1. The van der Waals surface area contributed by atoms with E-state index in [1.807, 2.05) is 0 Å². The van der Waals surface area contributed by atoms with Gasteiger partial charge in [0.05, 0.1) is 11.1 Å². The van der Waals surface area contributed by atoms with Crippen LogP contribution in [0.15, 0.2) is 18.3 Å². The van der Waals surface area contributed by atoms with Crippen LogP contribution in [0.3, 0.4) is 0 Å². The van der Waals surface area contributed by atoms with Gasteiger partial charge in [0, 0.05) is 12.7 Å². The van der Waals surface area contributed by atoms with Gasteiger partial charge in [-0.05, 0) is 88.2 Å². The van der Waals surface area contributed by atoms with Gasteiger partial charge in [-0.3, -0.25) is 9.59 Å². The molecular formula is C24H30ClN3O4. The fraction of sp³-hybridized carbons (Fsp3) is 0.667. The van der Waals surface area contributed by atoms with E-state index in [0.29, 0.717) is 36.4 Å². The fourth-order valence-electron chi connectivity index (χ4n) is 6.95. The van der Waals surface area contributed by atoms with Gasteiger partial charge in [-0.1, -0.05) is 11.6 Å². The van der Waals surface area contributed by atoms with E-state index in [2.05, 4.69) is 10.3 Å². The maximum absolute atomic E-state index is 13.7. The van der Waals surface area contributed by atoms with Crippen LogP contribution in [-0.4, -0.2) is 46.4 Å². The number of carbonyl (C=O) groups is 3. The molecule has 1 aliphatic heterocycles. The molecule has 4 aliphatic carbocycles. The van der Waals surface area contributed by atoms with Crippen LogP contribution in [0.2, 0.25) is 5.15 Å². The number of rotatable bonds is 5. The molecule has 0 aromatic carbocycles. The Hall–Kier alpha value is -2.15. The van der Waals surface area contributed by atoms with Gasteiger partial charge in [0.2, 0.25) is 5.91 Å². The summed E-state index contributed by atoms with van der Waals surface area (Å²) in [5, 5.41) is 2.81. The lowest BCUT2D eigenvalue weighted by Gasteiger charge is -2.56. The highest BCUT2D eigenvalue weighted by molar-refractivity contribution is 6.32. The van der Waals surface area contributed by atoms with Crippen LogP contribution in [0.1, 0.15) is 58.3 Å². The lowest BCUT2D eigenvalue weighted by Crippen LogP contribution is -2.56. The summed E-state index contributed by atoms with van der Waals surface area (Å²) in [6, 6.07) is 2.68. The zero-order valence-electron chi connectivity index (χ0n) is 18.4. The summed E-state index contributed by atoms with van der Waals surface area (Å²) < 4.78 is 5.50. The van der Waals surface area contributed by atoms with Gasteiger partial charge in [-0.2, -0.15) is 0 Å². The summed E-state index contributed by atoms with van der Waals surface area (Å²) in [5.74, 6) is 1.17. The number of likely N-dealkylation sites (tertiary alicyclic amines) is 1. The standard InChI is InChI=1S/C24H30ClN3O4/c1-14(21(29)27-18-4-2-6-26-20(18)25)32-22(30)19-5-3-7-28(19)23(31)24-11-15-8-16(12-24)10-17(9-15)13-24/h2,4,6,14-17,19H,3,5,7-13H2,1H3,(H,27,29). The molecule has 5 aliphatic rings. The topological polar surface area (TPSA) is 88.6 Å². The van der Waals surface area contributed by atoms with Crippen molar-refractivity contribution in [2.75, 3.05) is 11.9 Å². The monoisotopic (exact) mass is 459 g/mol. The predicted molar refractivity (Wildman–Crippen MR) is 119 cm³/mol. The van der Waals surface area contributed by atoms with E-state index in [1.54, 1.807) is 17.0 Å². The van der Waals surface area contributed by atoms with Gasteiger partial charge in [0.1, 0.15) is 6.04 Å². The van der Waals surface area contributed by atoms with Crippen molar-refractivity contribution in [2.24, 2.45) is 23.2 Å². The van der Waals surface area contributed by atoms with Crippen LogP contribution in [-0.2, 0) is 19.1 Å². The predicted octanol–water partition coefficient (Wildman–Crippen LogP) is 3.81. The Labute approximate surface area is 193 Å². The first-order valence-electron chi connectivity index (χ1n) is 11.8. The molecule has 2 amide bonds. The summed E-state index contributed by atoms with van der Waals surface area (Å²) in [4.78, 5) is 44.9. The second kappa shape index (κ2) is 8.32. The van der Waals surface area contributed by atoms with E-state index in [0.717, 1.165) is 25.7 Å². The Kier molecular flexibility index (Phi) is 5.64. The van der Waals surface area contributed by atoms with Crippen LogP contribution in [0.25, 0.3) is 0 Å². The molecule has 2 heterocycles. The Morgan fingerprint density at radius 3 is 2.47 bits per heavy atom. The number of anilines is 1. The second-order valence-corrected chi connectivity index (χ2v) is 10.6. The van der Waals surface area contributed by atoms with Crippen LogP contribution < -0.4 is 5.32 Å². The van der Waals surface area contributed by atoms with Crippen molar-refractivity contribution in [3.63, 3.8) is 0 Å². The number of ether oxygens (including phenoxy) is 1. The molecule has 1 saturated heterocycles. The number of aromatic nitrogens is 1. The summed E-state index contributed by atoms with van der Waals surface area (Å²) in [7, 11) is 0. The fourth-order valence-corrected chi connectivity index (χ4v) is 7.12. The smallest absolute Gasteiger partial charge is 0.329 e. The zero-order valence-corrected chi connectivity index (χ0v) is 19.1. The summed E-state index contributed by atoms with van der Waals surface area (Å²) in [5.41, 5.74) is 0.0825. The summed E-state index contributed by atoms with van der Waals surface area (Å²) >= 11 is 5.99. The Balaban J connectivity index is 1.23. The van der Waals surface area contributed by atoms with Crippen molar-refractivity contribution >= 4 is 35.1 Å². The van der Waals surface area contributed by atoms with E-state index in [4.69, 9.17) is 16.3 Å². The van der Waals surface area contributed by atoms with Gasteiger partial charge in [0.25, 0.3) is 5.91 Å². The molecule has 6 rings (SSSR count). The molecule has 172 valence electrons. The number of pyridine rings is 1. The molecule has 32 heavy (non-hydrogen) atoms. The molecule has 4 bridgehead atoms. The van der Waals surface area contributed by atoms with E-state index < -0.39 is 24.0 Å². The number of nitrogens with zero attached hydrogens (tertiary/aromatic N) is 2. The Morgan fingerprint density at radius 1 is 1.19 bits per heavy atom. The first kappa shape index (κ1) is 21.7. The highest BCUT2D eigenvalue weighted by atomic mass is 35.5. The third kappa shape index (κ3) is 3.89. The number of carbonyl (C=O) groups excluding carboxylic acids is 3. The van der Waals surface area contributed by atoms with Gasteiger partial charge in [-0.15, -0.1) is 0 Å². The molecule has 1 N–H and O–H groups in total. The summed E-state index contributed by atoms with van der Waals surface area (Å²) in [6.07, 6.45) is 8.61. The third-order valence-corrected chi connectivity index (χ3v) is 8.26. The van der Waals surface area contributed by atoms with Crippen molar-refractivity contribution in [1.29, 1.82) is 0 Å². The minimum Gasteiger partial charge on any atom is -0.451 e. The van der Waals surface area contributed by atoms with E-state index in [-0.39, 0.29) is 16.5 Å². The number of hydrogen-bond donors (Lipinski definition) is 1. The minimum atomic E-state index is -1.00. The second-order valence-electron chi connectivity index (χ2n) is 10.3. The molecule has 2 unspecified atom stereocenters. The SMILES string of the molecule is CC(OC(=O)C1CCCN1C(=O)C12CC3CC(CC(C3)C1)C2)C(=O)Nc1cccnc1Cl.